The van der Waals surface area contributed by atoms with Crippen LogP contribution in [0.4, 0.5) is 11.4 Å². The summed E-state index contributed by atoms with van der Waals surface area (Å²) in [4.78, 5) is 38.2. The zero-order chi connectivity index (χ0) is 23.2. The lowest BCUT2D eigenvalue weighted by molar-refractivity contribution is -0.117. The second kappa shape index (κ2) is 9.78. The number of hydrogen-bond donors (Lipinski definition) is 3. The molecular weight excluding hydrogens is 414 g/mol. The largest absolute Gasteiger partial charge is 0.340 e. The molecular formula is C27H23N3O3. The Kier molecular flexibility index (Phi) is 6.45. The van der Waals surface area contributed by atoms with Crippen molar-refractivity contribution in [2.45, 2.75) is 13.0 Å². The minimum Gasteiger partial charge on any atom is -0.340 e. The lowest BCUT2D eigenvalue weighted by Crippen LogP contribution is -2.41. The lowest BCUT2D eigenvalue weighted by Gasteiger charge is -2.17. The summed E-state index contributed by atoms with van der Waals surface area (Å²) in [7, 11) is 0. The van der Waals surface area contributed by atoms with E-state index < -0.39 is 11.9 Å². The maximum Gasteiger partial charge on any atom is 0.255 e. The highest BCUT2D eigenvalue weighted by atomic mass is 16.2. The normalized spacial score (nSPS) is 11.4. The molecule has 0 aliphatic heterocycles. The Morgan fingerprint density at radius 2 is 1.27 bits per heavy atom. The predicted octanol–water partition coefficient (Wildman–Crippen LogP) is 4.85. The van der Waals surface area contributed by atoms with Gasteiger partial charge in [-0.25, -0.2) is 0 Å². The van der Waals surface area contributed by atoms with E-state index in [4.69, 9.17) is 0 Å². The van der Waals surface area contributed by atoms with Gasteiger partial charge in [0.1, 0.15) is 6.04 Å². The van der Waals surface area contributed by atoms with Gasteiger partial charge in [0.2, 0.25) is 5.91 Å². The molecule has 6 heteroatoms. The van der Waals surface area contributed by atoms with Crippen molar-refractivity contribution in [3.05, 3.63) is 108 Å². The Morgan fingerprint density at radius 1 is 0.636 bits per heavy atom. The van der Waals surface area contributed by atoms with E-state index >= 15 is 0 Å². The number of para-hydroxylation sites is 1. The summed E-state index contributed by atoms with van der Waals surface area (Å²) in [6.45, 7) is 1.61. The van der Waals surface area contributed by atoms with Crippen LogP contribution in [0.15, 0.2) is 97.1 Å². The SMILES string of the molecule is C[C@H](NC(=O)c1ccccc1NC(=O)c1ccccc1)C(=O)Nc1cccc2ccccc12. The highest BCUT2D eigenvalue weighted by Crippen LogP contribution is 2.23. The highest BCUT2D eigenvalue weighted by Gasteiger charge is 2.20. The number of fused-ring (bicyclic) bond motifs is 1. The molecule has 0 unspecified atom stereocenters. The lowest BCUT2D eigenvalue weighted by atomic mass is 10.1. The third-order valence-electron chi connectivity index (χ3n) is 5.24. The van der Waals surface area contributed by atoms with Gasteiger partial charge in [-0.15, -0.1) is 0 Å². The number of carbonyl (C=O) groups is 3. The molecule has 0 saturated carbocycles. The van der Waals surface area contributed by atoms with Crippen molar-refractivity contribution in [3.63, 3.8) is 0 Å². The van der Waals surface area contributed by atoms with Gasteiger partial charge in [0.15, 0.2) is 0 Å². The van der Waals surface area contributed by atoms with E-state index in [0.717, 1.165) is 10.8 Å². The molecule has 0 radical (unpaired) electrons. The number of anilines is 2. The maximum absolute atomic E-state index is 12.9. The molecule has 0 aromatic heterocycles. The molecule has 0 saturated heterocycles. The number of carbonyl (C=O) groups excluding carboxylic acids is 3. The smallest absolute Gasteiger partial charge is 0.255 e. The van der Waals surface area contributed by atoms with Gasteiger partial charge in [0.25, 0.3) is 11.8 Å². The fourth-order valence-electron chi connectivity index (χ4n) is 3.49. The first-order valence-electron chi connectivity index (χ1n) is 10.6. The molecule has 33 heavy (non-hydrogen) atoms. The zero-order valence-electron chi connectivity index (χ0n) is 18.0. The molecule has 4 rings (SSSR count). The summed E-state index contributed by atoms with van der Waals surface area (Å²) in [6.07, 6.45) is 0. The van der Waals surface area contributed by atoms with Crippen molar-refractivity contribution in [2.24, 2.45) is 0 Å². The Balaban J connectivity index is 1.46. The van der Waals surface area contributed by atoms with Gasteiger partial charge >= 0.3 is 0 Å². The van der Waals surface area contributed by atoms with E-state index in [1.807, 2.05) is 48.5 Å². The molecule has 0 aliphatic carbocycles. The van der Waals surface area contributed by atoms with Gasteiger partial charge in [-0.05, 0) is 42.6 Å². The van der Waals surface area contributed by atoms with Crippen LogP contribution < -0.4 is 16.0 Å². The maximum atomic E-state index is 12.9. The van der Waals surface area contributed by atoms with Gasteiger partial charge in [0.05, 0.1) is 11.3 Å². The Hall–Kier alpha value is -4.45. The van der Waals surface area contributed by atoms with Gasteiger partial charge in [-0.1, -0.05) is 66.7 Å². The molecule has 0 bridgehead atoms. The monoisotopic (exact) mass is 437 g/mol. The van der Waals surface area contributed by atoms with Crippen LogP contribution in [0.3, 0.4) is 0 Å². The van der Waals surface area contributed by atoms with E-state index in [-0.39, 0.29) is 17.4 Å². The second-order valence-electron chi connectivity index (χ2n) is 7.58. The highest BCUT2D eigenvalue weighted by molar-refractivity contribution is 6.10. The summed E-state index contributed by atoms with van der Waals surface area (Å²) in [5, 5.41) is 10.3. The Labute approximate surface area is 191 Å². The van der Waals surface area contributed by atoms with Crippen LogP contribution in [0.2, 0.25) is 0 Å². The summed E-state index contributed by atoms with van der Waals surface area (Å²) in [5.41, 5.74) is 1.79. The average molecular weight is 437 g/mol. The molecule has 0 spiro atoms. The van der Waals surface area contributed by atoms with Crippen molar-refractivity contribution in [1.29, 1.82) is 0 Å². The van der Waals surface area contributed by atoms with Crippen molar-refractivity contribution in [2.75, 3.05) is 10.6 Å². The van der Waals surface area contributed by atoms with Crippen molar-refractivity contribution >= 4 is 39.9 Å². The van der Waals surface area contributed by atoms with Crippen LogP contribution in [0.5, 0.6) is 0 Å². The molecule has 1 atom stereocenters. The van der Waals surface area contributed by atoms with Gasteiger partial charge in [-0.2, -0.15) is 0 Å². The first-order chi connectivity index (χ1) is 16.0. The number of hydrogen-bond acceptors (Lipinski definition) is 3. The van der Waals surface area contributed by atoms with Gasteiger partial charge in [0, 0.05) is 16.6 Å². The number of rotatable bonds is 6. The van der Waals surface area contributed by atoms with Crippen LogP contribution in [0.1, 0.15) is 27.6 Å². The Morgan fingerprint density at radius 3 is 2.09 bits per heavy atom. The minimum atomic E-state index is -0.797. The molecule has 6 nitrogen and oxygen atoms in total. The van der Waals surface area contributed by atoms with Crippen LogP contribution >= 0.6 is 0 Å². The fraction of sp³-hybridized carbons (Fsp3) is 0.0741. The van der Waals surface area contributed by atoms with E-state index in [0.29, 0.717) is 16.9 Å². The summed E-state index contributed by atoms with van der Waals surface area (Å²) in [5.74, 6) is -1.12. The van der Waals surface area contributed by atoms with E-state index in [1.165, 1.54) is 0 Å². The summed E-state index contributed by atoms with van der Waals surface area (Å²) >= 11 is 0. The van der Waals surface area contributed by atoms with E-state index in [9.17, 15) is 14.4 Å². The first kappa shape index (κ1) is 21.8. The summed E-state index contributed by atoms with van der Waals surface area (Å²) < 4.78 is 0. The third kappa shape index (κ3) is 5.07. The quantitative estimate of drug-likeness (QED) is 0.403. The van der Waals surface area contributed by atoms with Crippen LogP contribution in [0.25, 0.3) is 10.8 Å². The fourth-order valence-corrected chi connectivity index (χ4v) is 3.49. The Bertz CT molecular complexity index is 1310. The minimum absolute atomic E-state index is 0.270. The standard InChI is InChI=1S/C27H23N3O3/c1-18(25(31)29-23-17-9-13-19-10-5-6-14-21(19)23)28-27(33)22-15-7-8-16-24(22)30-26(32)20-11-3-2-4-12-20/h2-18H,1H3,(H,28,33)(H,29,31)(H,30,32)/t18-/m0/s1. The summed E-state index contributed by atoms with van der Waals surface area (Å²) in [6, 6.07) is 28.0. The van der Waals surface area contributed by atoms with Crippen molar-refractivity contribution in [3.8, 4) is 0 Å². The van der Waals surface area contributed by atoms with Crippen molar-refractivity contribution in [1.82, 2.24) is 5.32 Å². The number of benzene rings is 4. The van der Waals surface area contributed by atoms with Crippen LogP contribution in [-0.4, -0.2) is 23.8 Å². The molecule has 0 fully saturated rings. The molecule has 4 aromatic rings. The van der Waals surface area contributed by atoms with E-state index in [2.05, 4.69) is 16.0 Å². The molecule has 164 valence electrons. The topological polar surface area (TPSA) is 87.3 Å². The predicted molar refractivity (Wildman–Crippen MR) is 130 cm³/mol. The molecule has 0 aliphatic rings. The zero-order valence-corrected chi connectivity index (χ0v) is 18.0. The van der Waals surface area contributed by atoms with Crippen molar-refractivity contribution < 1.29 is 14.4 Å². The van der Waals surface area contributed by atoms with E-state index in [1.54, 1.807) is 55.5 Å². The van der Waals surface area contributed by atoms with Crippen LogP contribution in [0, 0.1) is 0 Å². The molecule has 3 N–H and O–H groups in total. The van der Waals surface area contributed by atoms with Gasteiger partial charge in [-0.3, -0.25) is 14.4 Å². The second-order valence-corrected chi connectivity index (χ2v) is 7.58. The molecule has 0 heterocycles. The number of amides is 3. The third-order valence-corrected chi connectivity index (χ3v) is 5.24. The van der Waals surface area contributed by atoms with Crippen LogP contribution in [-0.2, 0) is 4.79 Å². The molecule has 3 amide bonds. The first-order valence-corrected chi connectivity index (χ1v) is 10.6. The van der Waals surface area contributed by atoms with Gasteiger partial charge < -0.3 is 16.0 Å². The average Bonchev–Trinajstić information content (AvgIpc) is 2.85. The number of nitrogens with one attached hydrogen (secondary N) is 3. The molecule has 4 aromatic carbocycles.